The van der Waals surface area contributed by atoms with Crippen LogP contribution in [0.4, 0.5) is 11.4 Å². The Labute approximate surface area is 170 Å². The zero-order valence-corrected chi connectivity index (χ0v) is 16.5. The van der Waals surface area contributed by atoms with E-state index in [9.17, 15) is 30.4 Å². The van der Waals surface area contributed by atoms with Gasteiger partial charge >= 0.3 is 0 Å². The molecule has 2 N–H and O–H groups in total. The molecule has 12 nitrogen and oxygen atoms in total. The number of aliphatic hydroxyl groups excluding tert-OH is 2. The number of methoxy groups -OCH3 is 4. The van der Waals surface area contributed by atoms with Gasteiger partial charge in [-0.2, -0.15) is 0 Å². The first-order valence-corrected chi connectivity index (χ1v) is 8.36. The molecular formula is C18H20N2O10. The maximum atomic E-state index is 11.5. The molecule has 0 amide bonds. The van der Waals surface area contributed by atoms with Crippen molar-refractivity contribution >= 4 is 11.4 Å². The van der Waals surface area contributed by atoms with Crippen LogP contribution in [0.25, 0.3) is 0 Å². The molecule has 0 fully saturated rings. The summed E-state index contributed by atoms with van der Waals surface area (Å²) in [5.74, 6) is 0.191. The third kappa shape index (κ3) is 4.18. The van der Waals surface area contributed by atoms with Crippen LogP contribution in [0, 0.1) is 20.2 Å². The van der Waals surface area contributed by atoms with Crippen molar-refractivity contribution in [1.82, 2.24) is 0 Å². The van der Waals surface area contributed by atoms with Crippen LogP contribution in [0.3, 0.4) is 0 Å². The number of nitro benzene ring substituents is 2. The van der Waals surface area contributed by atoms with E-state index in [0.717, 1.165) is 24.3 Å². The molecule has 0 bridgehead atoms. The molecule has 30 heavy (non-hydrogen) atoms. The second-order valence-corrected chi connectivity index (χ2v) is 5.94. The molecule has 0 saturated carbocycles. The minimum Gasteiger partial charge on any atom is -0.493 e. The molecule has 0 heterocycles. The van der Waals surface area contributed by atoms with Gasteiger partial charge in [-0.25, -0.2) is 0 Å². The minimum atomic E-state index is -1.91. The summed E-state index contributed by atoms with van der Waals surface area (Å²) in [6.07, 6.45) is -3.83. The summed E-state index contributed by atoms with van der Waals surface area (Å²) in [7, 11) is 5.13. The van der Waals surface area contributed by atoms with Crippen molar-refractivity contribution < 1.29 is 39.0 Å². The van der Waals surface area contributed by atoms with Crippen LogP contribution >= 0.6 is 0 Å². The quantitative estimate of drug-likeness (QED) is 0.451. The number of ether oxygens (including phenoxy) is 4. The Morgan fingerprint density at radius 1 is 0.667 bits per heavy atom. The second kappa shape index (κ2) is 9.24. The van der Waals surface area contributed by atoms with Crippen LogP contribution in [-0.2, 0) is 0 Å². The monoisotopic (exact) mass is 424 g/mol. The van der Waals surface area contributed by atoms with Crippen molar-refractivity contribution in [3.05, 3.63) is 55.6 Å². The molecule has 0 aliphatic carbocycles. The van der Waals surface area contributed by atoms with Crippen molar-refractivity contribution in [3.8, 4) is 23.0 Å². The summed E-state index contributed by atoms with van der Waals surface area (Å²) in [5.41, 5.74) is -1.78. The first-order chi connectivity index (χ1) is 14.2. The molecule has 2 rings (SSSR count). The first kappa shape index (κ1) is 22.6. The lowest BCUT2D eigenvalue weighted by atomic mass is 9.95. The highest BCUT2D eigenvalue weighted by Crippen LogP contribution is 2.44. The van der Waals surface area contributed by atoms with Crippen molar-refractivity contribution in [3.63, 3.8) is 0 Å². The van der Waals surface area contributed by atoms with Crippen LogP contribution in [0.1, 0.15) is 23.3 Å². The average Bonchev–Trinajstić information content (AvgIpc) is 2.75. The molecule has 0 unspecified atom stereocenters. The van der Waals surface area contributed by atoms with E-state index in [4.69, 9.17) is 18.9 Å². The van der Waals surface area contributed by atoms with Gasteiger partial charge in [-0.05, 0) is 12.1 Å². The molecule has 0 aliphatic rings. The lowest BCUT2D eigenvalue weighted by Gasteiger charge is -2.21. The fraction of sp³-hybridized carbons (Fsp3) is 0.333. The van der Waals surface area contributed by atoms with E-state index in [1.54, 1.807) is 0 Å². The highest BCUT2D eigenvalue weighted by Gasteiger charge is 2.34. The number of hydrogen-bond donors (Lipinski definition) is 2. The first-order valence-electron chi connectivity index (χ1n) is 8.36. The molecule has 2 atom stereocenters. The van der Waals surface area contributed by atoms with Gasteiger partial charge in [-0.15, -0.1) is 0 Å². The van der Waals surface area contributed by atoms with Crippen LogP contribution in [0.15, 0.2) is 24.3 Å². The molecule has 0 aromatic heterocycles. The summed E-state index contributed by atoms with van der Waals surface area (Å²) in [5, 5.41) is 44.4. The summed E-state index contributed by atoms with van der Waals surface area (Å²) in [6, 6.07) is 4.29. The fourth-order valence-corrected chi connectivity index (χ4v) is 2.90. The molecule has 12 heteroatoms. The van der Waals surface area contributed by atoms with E-state index in [0.29, 0.717) is 0 Å². The van der Waals surface area contributed by atoms with Gasteiger partial charge in [0.2, 0.25) is 0 Å². The Kier molecular flexibility index (Phi) is 6.97. The molecule has 2 aromatic rings. The van der Waals surface area contributed by atoms with Crippen molar-refractivity contribution in [2.75, 3.05) is 28.4 Å². The topological polar surface area (TPSA) is 164 Å². The lowest BCUT2D eigenvalue weighted by Crippen LogP contribution is -2.14. The third-order valence-electron chi connectivity index (χ3n) is 4.40. The molecule has 0 saturated heterocycles. The Morgan fingerprint density at radius 3 is 1.17 bits per heavy atom. The maximum absolute atomic E-state index is 11.5. The van der Waals surface area contributed by atoms with E-state index in [-0.39, 0.29) is 34.1 Å². The van der Waals surface area contributed by atoms with Crippen LogP contribution < -0.4 is 18.9 Å². The van der Waals surface area contributed by atoms with E-state index in [1.165, 1.54) is 28.4 Å². The van der Waals surface area contributed by atoms with E-state index >= 15 is 0 Å². The Balaban J connectivity index is 2.66. The molecule has 0 aliphatic heterocycles. The Morgan fingerprint density at radius 2 is 0.933 bits per heavy atom. The third-order valence-corrected chi connectivity index (χ3v) is 4.40. The highest BCUT2D eigenvalue weighted by atomic mass is 16.6. The average molecular weight is 424 g/mol. The van der Waals surface area contributed by atoms with Gasteiger partial charge in [-0.3, -0.25) is 20.2 Å². The Hall–Kier alpha value is -3.64. The molecule has 0 radical (unpaired) electrons. The maximum Gasteiger partial charge on any atom is 0.279 e. The normalized spacial score (nSPS) is 12.6. The number of hydrogen-bond acceptors (Lipinski definition) is 10. The minimum absolute atomic E-state index is 0.0340. The highest BCUT2D eigenvalue weighted by molar-refractivity contribution is 5.58. The van der Waals surface area contributed by atoms with E-state index in [1.807, 2.05) is 0 Å². The van der Waals surface area contributed by atoms with Gasteiger partial charge in [0.15, 0.2) is 23.0 Å². The summed E-state index contributed by atoms with van der Waals surface area (Å²) >= 11 is 0. The number of aliphatic hydroxyl groups is 2. The van der Waals surface area contributed by atoms with Crippen LogP contribution in [0.5, 0.6) is 23.0 Å². The molecular weight excluding hydrogens is 404 g/mol. The smallest absolute Gasteiger partial charge is 0.279 e. The summed E-state index contributed by atoms with van der Waals surface area (Å²) < 4.78 is 20.2. The van der Waals surface area contributed by atoms with Gasteiger partial charge in [0, 0.05) is 0 Å². The van der Waals surface area contributed by atoms with Gasteiger partial charge in [0.05, 0.1) is 61.5 Å². The van der Waals surface area contributed by atoms with Crippen molar-refractivity contribution in [2.45, 2.75) is 12.2 Å². The largest absolute Gasteiger partial charge is 0.493 e. The number of rotatable bonds is 9. The second-order valence-electron chi connectivity index (χ2n) is 5.94. The number of nitrogens with zero attached hydrogens (tertiary/aromatic N) is 2. The zero-order chi connectivity index (χ0) is 22.6. The van der Waals surface area contributed by atoms with Gasteiger partial charge in [0.1, 0.15) is 12.2 Å². The van der Waals surface area contributed by atoms with Gasteiger partial charge in [0.25, 0.3) is 11.4 Å². The SMILES string of the molecule is COc1cc([C@@H](O)[C@H](O)c2cc(OC)c(OC)cc2[N+](=O)[O-])c([N+](=O)[O-])cc1OC. The Bertz CT molecular complexity index is 885. The van der Waals surface area contributed by atoms with Gasteiger partial charge < -0.3 is 29.2 Å². The molecule has 162 valence electrons. The lowest BCUT2D eigenvalue weighted by molar-refractivity contribution is -0.387. The predicted octanol–water partition coefficient (Wildman–Crippen LogP) is 2.30. The predicted molar refractivity (Wildman–Crippen MR) is 102 cm³/mol. The summed E-state index contributed by atoms with van der Waals surface area (Å²) in [4.78, 5) is 21.4. The summed E-state index contributed by atoms with van der Waals surface area (Å²) in [6.45, 7) is 0. The van der Waals surface area contributed by atoms with Crippen molar-refractivity contribution in [2.24, 2.45) is 0 Å². The van der Waals surface area contributed by atoms with Crippen LogP contribution in [0.2, 0.25) is 0 Å². The fourth-order valence-electron chi connectivity index (χ4n) is 2.90. The number of nitro groups is 2. The van der Waals surface area contributed by atoms with Crippen LogP contribution in [-0.4, -0.2) is 48.5 Å². The van der Waals surface area contributed by atoms with E-state index < -0.39 is 33.4 Å². The standard InChI is InChI=1S/C18H20N2O10/c1-27-13-5-9(11(19(23)24)7-15(13)29-3)17(21)18(22)10-6-14(28-2)16(30-4)8-12(10)20(25)26/h5-8,17-18,21-22H,1-4H3/t17-,18-/m1/s1. The van der Waals surface area contributed by atoms with Crippen molar-refractivity contribution in [1.29, 1.82) is 0 Å². The molecule has 0 spiro atoms. The molecule has 2 aromatic carbocycles. The van der Waals surface area contributed by atoms with Gasteiger partial charge in [-0.1, -0.05) is 0 Å². The van der Waals surface area contributed by atoms with E-state index in [2.05, 4.69) is 0 Å². The zero-order valence-electron chi connectivity index (χ0n) is 16.5. The number of benzene rings is 2.